The van der Waals surface area contributed by atoms with Crippen LogP contribution in [0, 0.1) is 0 Å². The number of methoxy groups -OCH3 is 1. The molecule has 4 aromatic rings. The zero-order chi connectivity index (χ0) is 25.8. The fourth-order valence-electron chi connectivity index (χ4n) is 4.95. The number of allylic oxidation sites excluding steroid dienone is 1. The van der Waals surface area contributed by atoms with Crippen LogP contribution in [0.4, 0.5) is 5.69 Å². The van der Waals surface area contributed by atoms with Gasteiger partial charge in [-0.1, -0.05) is 48.0 Å². The van der Waals surface area contributed by atoms with E-state index < -0.39 is 0 Å². The number of amides is 1. The van der Waals surface area contributed by atoms with Gasteiger partial charge in [-0.05, 0) is 54.8 Å². The number of carbonyl (C=O) groups is 1. The highest BCUT2D eigenvalue weighted by Crippen LogP contribution is 2.36. The maximum Gasteiger partial charge on any atom is 0.227 e. The van der Waals surface area contributed by atoms with E-state index in [4.69, 9.17) is 26.1 Å². The molecule has 1 unspecified atom stereocenters. The number of aromatic nitrogens is 2. The average Bonchev–Trinajstić information content (AvgIpc) is 3.48. The molecule has 0 bridgehead atoms. The van der Waals surface area contributed by atoms with E-state index in [1.54, 1.807) is 12.0 Å². The van der Waals surface area contributed by atoms with Gasteiger partial charge in [0.25, 0.3) is 0 Å². The van der Waals surface area contributed by atoms with Crippen molar-refractivity contribution < 1.29 is 14.3 Å². The summed E-state index contributed by atoms with van der Waals surface area (Å²) >= 11 is 6.40. The summed E-state index contributed by atoms with van der Waals surface area (Å²) in [6.45, 7) is 5.60. The standard InChI is InChI=1S/C30H30ClN3O3/c1-3-9-21-14-15-27(28(18-21)36-2)37-17-8-16-33-26-13-7-5-11-24(26)32-30(33)22-19-29(35)34(20-22)25-12-6-4-10-23(25)31/h3-7,10-15,18,22H,1,8-9,16-17,19-20H2,2H3. The molecule has 5 rings (SSSR count). The van der Waals surface area contributed by atoms with Crippen LogP contribution in [-0.4, -0.2) is 35.7 Å². The number of aryl methyl sites for hydroxylation is 1. The van der Waals surface area contributed by atoms with Crippen LogP contribution in [0.15, 0.2) is 79.4 Å². The number of benzene rings is 3. The summed E-state index contributed by atoms with van der Waals surface area (Å²) in [5.41, 5.74) is 3.88. The van der Waals surface area contributed by atoms with Crippen molar-refractivity contribution >= 4 is 34.2 Å². The summed E-state index contributed by atoms with van der Waals surface area (Å²) < 4.78 is 13.8. The molecule has 1 saturated heterocycles. The number of carbonyl (C=O) groups excluding carboxylic acids is 1. The third-order valence-electron chi connectivity index (χ3n) is 6.71. The lowest BCUT2D eigenvalue weighted by molar-refractivity contribution is -0.117. The molecule has 2 heterocycles. The topological polar surface area (TPSA) is 56.6 Å². The second-order valence-corrected chi connectivity index (χ2v) is 9.55. The van der Waals surface area contributed by atoms with Crippen molar-refractivity contribution in [1.29, 1.82) is 0 Å². The number of halogens is 1. The fourth-order valence-corrected chi connectivity index (χ4v) is 5.19. The first-order valence-corrected chi connectivity index (χ1v) is 12.9. The molecule has 1 aliphatic rings. The van der Waals surface area contributed by atoms with Crippen molar-refractivity contribution in [1.82, 2.24) is 9.55 Å². The predicted octanol–water partition coefficient (Wildman–Crippen LogP) is 6.42. The Balaban J connectivity index is 1.32. The lowest BCUT2D eigenvalue weighted by Crippen LogP contribution is -2.24. The van der Waals surface area contributed by atoms with Crippen molar-refractivity contribution in [3.05, 3.63) is 95.8 Å². The third kappa shape index (κ3) is 5.20. The zero-order valence-electron chi connectivity index (χ0n) is 20.9. The van der Waals surface area contributed by atoms with Gasteiger partial charge in [-0.2, -0.15) is 0 Å². The summed E-state index contributed by atoms with van der Waals surface area (Å²) in [7, 11) is 1.65. The van der Waals surface area contributed by atoms with E-state index in [1.807, 2.05) is 66.7 Å². The van der Waals surface area contributed by atoms with E-state index in [1.165, 1.54) is 0 Å². The van der Waals surface area contributed by atoms with E-state index in [-0.39, 0.29) is 11.8 Å². The summed E-state index contributed by atoms with van der Waals surface area (Å²) in [5.74, 6) is 2.41. The third-order valence-corrected chi connectivity index (χ3v) is 7.03. The lowest BCUT2D eigenvalue weighted by atomic mass is 10.1. The van der Waals surface area contributed by atoms with Crippen LogP contribution in [0.1, 0.15) is 30.1 Å². The molecule has 1 atom stereocenters. The Kier molecular flexibility index (Phi) is 7.47. The van der Waals surface area contributed by atoms with Gasteiger partial charge >= 0.3 is 0 Å². The molecular formula is C30H30ClN3O3. The van der Waals surface area contributed by atoms with E-state index in [2.05, 4.69) is 17.2 Å². The first-order valence-electron chi connectivity index (χ1n) is 12.5. The van der Waals surface area contributed by atoms with E-state index in [0.717, 1.165) is 59.0 Å². The number of hydrogen-bond donors (Lipinski definition) is 0. The molecular weight excluding hydrogens is 486 g/mol. The molecule has 0 aliphatic carbocycles. The monoisotopic (exact) mass is 515 g/mol. The van der Waals surface area contributed by atoms with Crippen LogP contribution in [0.3, 0.4) is 0 Å². The lowest BCUT2D eigenvalue weighted by Gasteiger charge is -2.18. The van der Waals surface area contributed by atoms with E-state index >= 15 is 0 Å². The van der Waals surface area contributed by atoms with Crippen molar-refractivity contribution in [3.63, 3.8) is 0 Å². The smallest absolute Gasteiger partial charge is 0.227 e. The molecule has 0 N–H and O–H groups in total. The van der Waals surface area contributed by atoms with Crippen molar-refractivity contribution in [3.8, 4) is 11.5 Å². The van der Waals surface area contributed by atoms with Gasteiger partial charge in [0.05, 0.1) is 35.5 Å². The Morgan fingerprint density at radius 3 is 2.73 bits per heavy atom. The molecule has 7 heteroatoms. The molecule has 0 saturated carbocycles. The van der Waals surface area contributed by atoms with Gasteiger partial charge in [-0.3, -0.25) is 4.79 Å². The number of para-hydroxylation sites is 3. The van der Waals surface area contributed by atoms with Gasteiger partial charge in [0.2, 0.25) is 5.91 Å². The Hall–Kier alpha value is -3.77. The minimum atomic E-state index is -0.0189. The Bertz CT molecular complexity index is 1430. The van der Waals surface area contributed by atoms with E-state index in [0.29, 0.717) is 24.6 Å². The number of imidazole rings is 1. The average molecular weight is 516 g/mol. The quantitative estimate of drug-likeness (QED) is 0.181. The Morgan fingerprint density at radius 1 is 1.11 bits per heavy atom. The SMILES string of the molecule is C=CCc1ccc(OCCCn2c(C3CC(=O)N(c4ccccc4Cl)C3)nc3ccccc32)c(OC)c1. The maximum atomic E-state index is 13.0. The summed E-state index contributed by atoms with van der Waals surface area (Å²) in [4.78, 5) is 19.7. The molecule has 1 fully saturated rings. The van der Waals surface area contributed by atoms with Gasteiger partial charge in [-0.25, -0.2) is 4.98 Å². The molecule has 190 valence electrons. The molecule has 1 amide bonds. The minimum Gasteiger partial charge on any atom is -0.493 e. The normalized spacial score (nSPS) is 15.4. The molecule has 37 heavy (non-hydrogen) atoms. The summed E-state index contributed by atoms with van der Waals surface area (Å²) in [6, 6.07) is 21.6. The number of anilines is 1. The van der Waals surface area contributed by atoms with Gasteiger partial charge in [0.15, 0.2) is 11.5 Å². The van der Waals surface area contributed by atoms with Crippen molar-refractivity contribution in [2.24, 2.45) is 0 Å². The predicted molar refractivity (Wildman–Crippen MR) is 148 cm³/mol. The number of hydrogen-bond acceptors (Lipinski definition) is 4. The second kappa shape index (κ2) is 11.1. The molecule has 1 aliphatic heterocycles. The number of ether oxygens (including phenoxy) is 2. The van der Waals surface area contributed by atoms with Crippen molar-refractivity contribution in [2.75, 3.05) is 25.2 Å². The van der Waals surface area contributed by atoms with Crippen LogP contribution in [0.5, 0.6) is 11.5 Å². The molecule has 0 spiro atoms. The van der Waals surface area contributed by atoms with Crippen LogP contribution >= 0.6 is 11.6 Å². The maximum absolute atomic E-state index is 13.0. The number of fused-ring (bicyclic) bond motifs is 1. The summed E-state index contributed by atoms with van der Waals surface area (Å²) in [6.07, 6.45) is 3.83. The van der Waals surface area contributed by atoms with Gasteiger partial charge in [-0.15, -0.1) is 6.58 Å². The highest BCUT2D eigenvalue weighted by molar-refractivity contribution is 6.33. The Labute approximate surface area is 222 Å². The molecule has 3 aromatic carbocycles. The first-order chi connectivity index (χ1) is 18.1. The zero-order valence-corrected chi connectivity index (χ0v) is 21.7. The highest BCUT2D eigenvalue weighted by atomic mass is 35.5. The number of rotatable bonds is 10. The van der Waals surface area contributed by atoms with Gasteiger partial charge in [0.1, 0.15) is 5.82 Å². The van der Waals surface area contributed by atoms with Gasteiger partial charge < -0.3 is 18.9 Å². The van der Waals surface area contributed by atoms with Crippen LogP contribution in [-0.2, 0) is 17.8 Å². The molecule has 6 nitrogen and oxygen atoms in total. The van der Waals surface area contributed by atoms with Gasteiger partial charge in [0, 0.05) is 25.4 Å². The van der Waals surface area contributed by atoms with Crippen LogP contribution < -0.4 is 14.4 Å². The fraction of sp³-hybridized carbons (Fsp3) is 0.267. The highest BCUT2D eigenvalue weighted by Gasteiger charge is 2.35. The Morgan fingerprint density at radius 2 is 1.92 bits per heavy atom. The first kappa shape index (κ1) is 24.9. The summed E-state index contributed by atoms with van der Waals surface area (Å²) in [5, 5.41) is 0.579. The molecule has 0 radical (unpaired) electrons. The van der Waals surface area contributed by atoms with Crippen LogP contribution in [0.25, 0.3) is 11.0 Å². The second-order valence-electron chi connectivity index (χ2n) is 9.15. The van der Waals surface area contributed by atoms with Crippen LogP contribution in [0.2, 0.25) is 5.02 Å². The van der Waals surface area contributed by atoms with E-state index in [9.17, 15) is 4.79 Å². The molecule has 1 aromatic heterocycles. The van der Waals surface area contributed by atoms with Crippen molar-refractivity contribution in [2.45, 2.75) is 31.7 Å². The minimum absolute atomic E-state index is 0.0189. The number of nitrogens with zero attached hydrogens (tertiary/aromatic N) is 3. The largest absolute Gasteiger partial charge is 0.493 e.